The van der Waals surface area contributed by atoms with E-state index in [9.17, 15) is 9.50 Å². The Labute approximate surface area is 178 Å². The SMILES string of the molecule is COCCOc1cc(N)c(C(=N)/C(O)=C/C(=N)c2ccc(N/C=N\C=N)cc2)cc1F. The molecule has 0 aliphatic rings. The summed E-state index contributed by atoms with van der Waals surface area (Å²) >= 11 is 0. The molecule has 0 aliphatic heterocycles. The number of aliphatic imine (C=N–C) groups is 1. The lowest BCUT2D eigenvalue weighted by Crippen LogP contribution is -2.11. The standard InChI is InChI=1S/C21H23FN6O3/c1-30-6-7-31-20-10-18(25)15(8-16(20)22)21(26)19(29)9-17(24)13-2-4-14(5-3-13)28-12-27-11-23/h2-5,8-12,24,26,29H,6-7,25H2,1H3,(H2,23,27,28)/b19-9-,24-17?,26-21?. The molecule has 0 saturated carbocycles. The molecular formula is C21H23FN6O3. The van der Waals surface area contributed by atoms with Gasteiger partial charge in [-0.3, -0.25) is 10.8 Å². The van der Waals surface area contributed by atoms with Crippen LogP contribution < -0.4 is 15.8 Å². The Hall–Kier alpha value is -4.05. The molecule has 0 aliphatic carbocycles. The molecule has 0 unspecified atom stereocenters. The van der Waals surface area contributed by atoms with Crippen LogP contribution in [-0.4, -0.2) is 49.5 Å². The molecule has 0 amide bonds. The average molecular weight is 426 g/mol. The monoisotopic (exact) mass is 426 g/mol. The van der Waals surface area contributed by atoms with Crippen LogP contribution >= 0.6 is 0 Å². The average Bonchev–Trinajstić information content (AvgIpc) is 2.76. The molecule has 31 heavy (non-hydrogen) atoms. The Morgan fingerprint density at radius 1 is 1.23 bits per heavy atom. The Morgan fingerprint density at radius 3 is 2.58 bits per heavy atom. The highest BCUT2D eigenvalue weighted by Crippen LogP contribution is 2.26. The van der Waals surface area contributed by atoms with Crippen molar-refractivity contribution in [3.8, 4) is 5.75 Å². The molecular weight excluding hydrogens is 403 g/mol. The first kappa shape index (κ1) is 23.2. The van der Waals surface area contributed by atoms with E-state index in [4.69, 9.17) is 31.4 Å². The van der Waals surface area contributed by atoms with Crippen molar-refractivity contribution in [2.24, 2.45) is 4.99 Å². The Kier molecular flexibility index (Phi) is 8.41. The number of nitrogen functional groups attached to an aromatic ring is 1. The second-order valence-electron chi connectivity index (χ2n) is 6.16. The van der Waals surface area contributed by atoms with Crippen LogP contribution in [0.25, 0.3) is 0 Å². The van der Waals surface area contributed by atoms with Crippen LogP contribution in [-0.2, 0) is 4.74 Å². The minimum absolute atomic E-state index is 0.0248. The summed E-state index contributed by atoms with van der Waals surface area (Å²) in [5.41, 5.74) is 6.62. The lowest BCUT2D eigenvalue weighted by molar-refractivity contribution is 0.144. The number of nitrogens with two attached hydrogens (primary N) is 1. The summed E-state index contributed by atoms with van der Waals surface area (Å²) in [6.07, 6.45) is 3.32. The zero-order valence-corrected chi connectivity index (χ0v) is 16.8. The first-order valence-corrected chi connectivity index (χ1v) is 9.04. The molecule has 0 fully saturated rings. The zero-order chi connectivity index (χ0) is 22.8. The van der Waals surface area contributed by atoms with Gasteiger partial charge in [-0.25, -0.2) is 9.38 Å². The van der Waals surface area contributed by atoms with E-state index in [1.165, 1.54) is 19.5 Å². The summed E-state index contributed by atoms with van der Waals surface area (Å²) in [7, 11) is 1.49. The molecule has 0 radical (unpaired) electrons. The van der Waals surface area contributed by atoms with E-state index in [2.05, 4.69) is 10.3 Å². The number of aliphatic hydroxyl groups excluding tert-OH is 1. The number of halogens is 1. The van der Waals surface area contributed by atoms with Gasteiger partial charge in [0.2, 0.25) is 0 Å². The second kappa shape index (κ2) is 11.2. The number of rotatable bonds is 11. The van der Waals surface area contributed by atoms with Crippen LogP contribution in [0.4, 0.5) is 15.8 Å². The van der Waals surface area contributed by atoms with Crippen LogP contribution in [0.5, 0.6) is 5.75 Å². The van der Waals surface area contributed by atoms with Gasteiger partial charge in [0.25, 0.3) is 0 Å². The number of nitrogens with zero attached hydrogens (tertiary/aromatic N) is 1. The molecule has 0 bridgehead atoms. The van der Waals surface area contributed by atoms with Crippen molar-refractivity contribution in [2.45, 2.75) is 0 Å². The van der Waals surface area contributed by atoms with Crippen LogP contribution in [0.2, 0.25) is 0 Å². The van der Waals surface area contributed by atoms with Gasteiger partial charge in [0, 0.05) is 36.2 Å². The largest absolute Gasteiger partial charge is 0.506 e. The maximum absolute atomic E-state index is 14.3. The number of hydrogen-bond acceptors (Lipinski definition) is 7. The van der Waals surface area contributed by atoms with Crippen LogP contribution in [0.1, 0.15) is 11.1 Å². The minimum Gasteiger partial charge on any atom is -0.506 e. The minimum atomic E-state index is -0.734. The van der Waals surface area contributed by atoms with Crippen LogP contribution in [0.15, 0.2) is 53.2 Å². The summed E-state index contributed by atoms with van der Waals surface area (Å²) < 4.78 is 24.3. The summed E-state index contributed by atoms with van der Waals surface area (Å²) in [6, 6.07) is 8.88. The molecule has 9 nitrogen and oxygen atoms in total. The Balaban J connectivity index is 2.14. The fourth-order valence-electron chi connectivity index (χ4n) is 2.46. The lowest BCUT2D eigenvalue weighted by Gasteiger charge is -2.12. The fraction of sp³-hybridized carbons (Fsp3) is 0.143. The first-order chi connectivity index (χ1) is 14.9. The molecule has 0 spiro atoms. The second-order valence-corrected chi connectivity index (χ2v) is 6.16. The summed E-state index contributed by atoms with van der Waals surface area (Å²) in [6.45, 7) is 0.409. The number of anilines is 2. The van der Waals surface area contributed by atoms with E-state index in [-0.39, 0.29) is 35.9 Å². The number of nitrogens with one attached hydrogen (secondary N) is 4. The number of allylic oxidation sites excluding steroid dienone is 2. The van der Waals surface area contributed by atoms with Gasteiger partial charge in [0.15, 0.2) is 11.6 Å². The predicted octanol–water partition coefficient (Wildman–Crippen LogP) is 3.36. The smallest absolute Gasteiger partial charge is 0.165 e. The first-order valence-electron chi connectivity index (χ1n) is 9.04. The molecule has 2 aromatic rings. The van der Waals surface area contributed by atoms with E-state index >= 15 is 0 Å². The van der Waals surface area contributed by atoms with E-state index < -0.39 is 17.3 Å². The Bertz CT molecular complexity index is 1020. The maximum Gasteiger partial charge on any atom is 0.165 e. The molecule has 2 rings (SSSR count). The summed E-state index contributed by atoms with van der Waals surface area (Å²) in [4.78, 5) is 3.60. The quantitative estimate of drug-likeness (QED) is 0.107. The van der Waals surface area contributed by atoms with Crippen molar-refractivity contribution in [1.29, 1.82) is 16.2 Å². The molecule has 0 aromatic heterocycles. The van der Waals surface area contributed by atoms with Gasteiger partial charge in [-0.2, -0.15) is 0 Å². The van der Waals surface area contributed by atoms with Gasteiger partial charge in [-0.15, -0.1) is 0 Å². The van der Waals surface area contributed by atoms with Crippen LogP contribution in [0.3, 0.4) is 0 Å². The number of hydrogen-bond donors (Lipinski definition) is 6. The van der Waals surface area contributed by atoms with Gasteiger partial charge in [0.1, 0.15) is 24.4 Å². The van der Waals surface area contributed by atoms with Crippen molar-refractivity contribution >= 4 is 35.5 Å². The lowest BCUT2D eigenvalue weighted by atomic mass is 10.0. The van der Waals surface area contributed by atoms with Crippen molar-refractivity contribution in [3.05, 3.63) is 65.2 Å². The van der Waals surface area contributed by atoms with Gasteiger partial charge >= 0.3 is 0 Å². The third kappa shape index (κ3) is 6.47. The van der Waals surface area contributed by atoms with E-state index in [1.54, 1.807) is 24.3 Å². The van der Waals surface area contributed by atoms with Gasteiger partial charge in [0.05, 0.1) is 18.7 Å². The summed E-state index contributed by atoms with van der Waals surface area (Å²) in [5, 5.41) is 36.2. The molecule has 0 heterocycles. The molecule has 0 atom stereocenters. The topological polar surface area (TPSA) is 161 Å². The normalized spacial score (nSPS) is 11.4. The van der Waals surface area contributed by atoms with Gasteiger partial charge in [-0.1, -0.05) is 12.1 Å². The third-order valence-electron chi connectivity index (χ3n) is 4.03. The maximum atomic E-state index is 14.3. The number of aliphatic hydroxyl groups is 1. The van der Waals surface area contributed by atoms with E-state index in [0.29, 0.717) is 11.3 Å². The molecule has 162 valence electrons. The van der Waals surface area contributed by atoms with Crippen molar-refractivity contribution < 1.29 is 19.0 Å². The zero-order valence-electron chi connectivity index (χ0n) is 16.8. The van der Waals surface area contributed by atoms with E-state index in [1.807, 2.05) is 0 Å². The molecule has 7 N–H and O–H groups in total. The third-order valence-corrected chi connectivity index (χ3v) is 4.03. The van der Waals surface area contributed by atoms with Gasteiger partial charge in [-0.05, 0) is 23.8 Å². The summed E-state index contributed by atoms with van der Waals surface area (Å²) in [5.74, 6) is -1.35. The number of benzene rings is 2. The number of ether oxygens (including phenoxy) is 2. The highest BCUT2D eigenvalue weighted by atomic mass is 19.1. The van der Waals surface area contributed by atoms with Crippen molar-refractivity contribution in [1.82, 2.24) is 0 Å². The van der Waals surface area contributed by atoms with Crippen molar-refractivity contribution in [3.63, 3.8) is 0 Å². The fourth-order valence-corrected chi connectivity index (χ4v) is 2.46. The highest BCUT2D eigenvalue weighted by Gasteiger charge is 2.16. The molecule has 10 heteroatoms. The highest BCUT2D eigenvalue weighted by molar-refractivity contribution is 6.17. The van der Waals surface area contributed by atoms with E-state index in [0.717, 1.165) is 18.5 Å². The predicted molar refractivity (Wildman–Crippen MR) is 120 cm³/mol. The molecule has 0 saturated heterocycles. The van der Waals surface area contributed by atoms with Crippen molar-refractivity contribution in [2.75, 3.05) is 31.4 Å². The molecule has 2 aromatic carbocycles. The van der Waals surface area contributed by atoms with Crippen LogP contribution in [0, 0.1) is 22.0 Å². The Morgan fingerprint density at radius 2 is 1.94 bits per heavy atom. The van der Waals surface area contributed by atoms with Gasteiger partial charge < -0.3 is 31.0 Å². The number of methoxy groups -OCH3 is 1.